The van der Waals surface area contributed by atoms with Crippen LogP contribution in [0.3, 0.4) is 0 Å². The van der Waals surface area contributed by atoms with Crippen LogP contribution in [-0.4, -0.2) is 11.1 Å². The molecule has 2 atom stereocenters. The molecule has 2 unspecified atom stereocenters. The Hall–Kier alpha value is -0.530. The molecule has 84 valence electrons. The van der Waals surface area contributed by atoms with Gasteiger partial charge in [-0.25, -0.2) is 0 Å². The van der Waals surface area contributed by atoms with E-state index >= 15 is 0 Å². The van der Waals surface area contributed by atoms with Crippen LogP contribution in [0.2, 0.25) is 0 Å². The third kappa shape index (κ3) is 5.25. The Morgan fingerprint density at radius 1 is 1.21 bits per heavy atom. The van der Waals surface area contributed by atoms with Crippen LogP contribution in [0, 0.1) is 17.3 Å². The van der Waals surface area contributed by atoms with E-state index in [2.05, 4.69) is 27.7 Å². The Morgan fingerprint density at radius 3 is 2.07 bits per heavy atom. The second kappa shape index (κ2) is 5.38. The zero-order chi connectivity index (χ0) is 11.4. The topological polar surface area (TPSA) is 37.3 Å². The molecule has 0 aromatic carbocycles. The van der Waals surface area contributed by atoms with Crippen LogP contribution in [0.15, 0.2) is 0 Å². The number of aliphatic carboxylic acids is 1. The van der Waals surface area contributed by atoms with Gasteiger partial charge in [0.1, 0.15) is 0 Å². The highest BCUT2D eigenvalue weighted by atomic mass is 16.4. The van der Waals surface area contributed by atoms with E-state index in [0.717, 1.165) is 19.3 Å². The highest BCUT2D eigenvalue weighted by Crippen LogP contribution is 2.29. The van der Waals surface area contributed by atoms with E-state index in [9.17, 15) is 4.79 Å². The fourth-order valence-corrected chi connectivity index (χ4v) is 1.29. The van der Waals surface area contributed by atoms with Crippen LogP contribution < -0.4 is 0 Å². The molecule has 2 nitrogen and oxygen atoms in total. The van der Waals surface area contributed by atoms with Gasteiger partial charge in [-0.1, -0.05) is 47.5 Å². The van der Waals surface area contributed by atoms with Crippen molar-refractivity contribution in [1.29, 1.82) is 0 Å². The molecule has 0 spiro atoms. The molecule has 0 aromatic heterocycles. The average molecular weight is 200 g/mol. The monoisotopic (exact) mass is 200 g/mol. The minimum atomic E-state index is -0.673. The summed E-state index contributed by atoms with van der Waals surface area (Å²) >= 11 is 0. The second-order valence-electron chi connectivity index (χ2n) is 5.44. The molecule has 0 saturated heterocycles. The van der Waals surface area contributed by atoms with Crippen molar-refractivity contribution in [2.45, 2.75) is 53.9 Å². The molecule has 1 N–H and O–H groups in total. The molecule has 0 heterocycles. The van der Waals surface area contributed by atoms with E-state index in [1.807, 2.05) is 0 Å². The van der Waals surface area contributed by atoms with Crippen molar-refractivity contribution in [1.82, 2.24) is 0 Å². The van der Waals surface area contributed by atoms with Crippen LogP contribution >= 0.6 is 0 Å². The SMILES string of the molecule is CC(CCCC(C)C(C)(C)C)C(=O)O. The van der Waals surface area contributed by atoms with Crippen molar-refractivity contribution in [3.05, 3.63) is 0 Å². The summed E-state index contributed by atoms with van der Waals surface area (Å²) in [4.78, 5) is 10.6. The molecule has 0 aromatic rings. The fourth-order valence-electron chi connectivity index (χ4n) is 1.29. The Bertz CT molecular complexity index is 179. The van der Waals surface area contributed by atoms with Gasteiger partial charge in [0.25, 0.3) is 0 Å². The molecule has 0 radical (unpaired) electrons. The summed E-state index contributed by atoms with van der Waals surface area (Å²) in [5.74, 6) is -0.209. The predicted molar refractivity (Wildman–Crippen MR) is 59.3 cm³/mol. The van der Waals surface area contributed by atoms with E-state index in [-0.39, 0.29) is 5.92 Å². The fraction of sp³-hybridized carbons (Fsp3) is 0.917. The smallest absolute Gasteiger partial charge is 0.306 e. The molecule has 0 bridgehead atoms. The Kier molecular flexibility index (Phi) is 5.17. The molecule has 0 fully saturated rings. The molecular formula is C12H24O2. The lowest BCUT2D eigenvalue weighted by Gasteiger charge is -2.27. The van der Waals surface area contributed by atoms with Crippen molar-refractivity contribution in [3.63, 3.8) is 0 Å². The van der Waals surface area contributed by atoms with Crippen LogP contribution in [0.5, 0.6) is 0 Å². The minimum absolute atomic E-state index is 0.192. The number of hydrogen-bond donors (Lipinski definition) is 1. The molecule has 2 heteroatoms. The summed E-state index contributed by atoms with van der Waals surface area (Å²) in [6.07, 6.45) is 2.95. The van der Waals surface area contributed by atoms with Crippen molar-refractivity contribution < 1.29 is 9.90 Å². The Balaban J connectivity index is 3.70. The standard InChI is InChI=1S/C12H24O2/c1-9(11(13)14)7-6-8-10(2)12(3,4)5/h9-10H,6-8H2,1-5H3,(H,13,14). The first-order valence-corrected chi connectivity index (χ1v) is 5.48. The molecule has 0 saturated carbocycles. The van der Waals surface area contributed by atoms with Gasteiger partial charge < -0.3 is 5.11 Å². The van der Waals surface area contributed by atoms with Gasteiger partial charge in [0.15, 0.2) is 0 Å². The zero-order valence-electron chi connectivity index (χ0n) is 10.1. The van der Waals surface area contributed by atoms with Crippen molar-refractivity contribution in [2.24, 2.45) is 17.3 Å². The lowest BCUT2D eigenvalue weighted by molar-refractivity contribution is -0.141. The minimum Gasteiger partial charge on any atom is -0.481 e. The first-order valence-electron chi connectivity index (χ1n) is 5.48. The third-order valence-corrected chi connectivity index (χ3v) is 3.17. The summed E-state index contributed by atoms with van der Waals surface area (Å²) in [6.45, 7) is 10.7. The lowest BCUT2D eigenvalue weighted by Crippen LogP contribution is -2.17. The number of carboxylic acids is 1. The molecule has 0 rings (SSSR count). The maximum atomic E-state index is 10.6. The van der Waals surface area contributed by atoms with Gasteiger partial charge in [0, 0.05) is 0 Å². The summed E-state index contributed by atoms with van der Waals surface area (Å²) in [5, 5.41) is 8.71. The van der Waals surface area contributed by atoms with Gasteiger partial charge in [-0.2, -0.15) is 0 Å². The second-order valence-corrected chi connectivity index (χ2v) is 5.44. The van der Waals surface area contributed by atoms with Crippen molar-refractivity contribution in [2.75, 3.05) is 0 Å². The normalized spacial score (nSPS) is 16.4. The molecule has 14 heavy (non-hydrogen) atoms. The van der Waals surface area contributed by atoms with Gasteiger partial charge in [-0.05, 0) is 17.8 Å². The van der Waals surface area contributed by atoms with Crippen LogP contribution in [0.1, 0.15) is 53.9 Å². The highest BCUT2D eigenvalue weighted by Gasteiger charge is 2.20. The number of hydrogen-bond acceptors (Lipinski definition) is 1. The number of carbonyl (C=O) groups is 1. The highest BCUT2D eigenvalue weighted by molar-refractivity contribution is 5.69. The molecule has 0 aliphatic rings. The number of carboxylic acid groups (broad SMARTS) is 1. The van der Waals surface area contributed by atoms with Crippen molar-refractivity contribution in [3.8, 4) is 0 Å². The van der Waals surface area contributed by atoms with Crippen LogP contribution in [0.4, 0.5) is 0 Å². The third-order valence-electron chi connectivity index (χ3n) is 3.17. The van der Waals surface area contributed by atoms with E-state index in [4.69, 9.17) is 5.11 Å². The maximum absolute atomic E-state index is 10.6. The van der Waals surface area contributed by atoms with E-state index in [1.54, 1.807) is 6.92 Å². The summed E-state index contributed by atoms with van der Waals surface area (Å²) in [7, 11) is 0. The summed E-state index contributed by atoms with van der Waals surface area (Å²) < 4.78 is 0. The first kappa shape index (κ1) is 13.5. The van der Waals surface area contributed by atoms with Gasteiger partial charge in [0.05, 0.1) is 5.92 Å². The molecule has 0 aliphatic heterocycles. The van der Waals surface area contributed by atoms with Gasteiger partial charge in [0.2, 0.25) is 0 Å². The maximum Gasteiger partial charge on any atom is 0.306 e. The van der Waals surface area contributed by atoms with Crippen LogP contribution in [0.25, 0.3) is 0 Å². The first-order chi connectivity index (χ1) is 6.25. The van der Waals surface area contributed by atoms with Gasteiger partial charge in [-0.3, -0.25) is 4.79 Å². The van der Waals surface area contributed by atoms with E-state index in [0.29, 0.717) is 11.3 Å². The zero-order valence-corrected chi connectivity index (χ0v) is 10.1. The summed E-state index contributed by atoms with van der Waals surface area (Å²) in [5.41, 5.74) is 0.340. The van der Waals surface area contributed by atoms with Crippen molar-refractivity contribution >= 4 is 5.97 Å². The molecular weight excluding hydrogens is 176 g/mol. The Morgan fingerprint density at radius 2 is 1.71 bits per heavy atom. The molecule has 0 amide bonds. The molecule has 0 aliphatic carbocycles. The Labute approximate surface area is 87.7 Å². The quantitative estimate of drug-likeness (QED) is 0.736. The van der Waals surface area contributed by atoms with Gasteiger partial charge in [-0.15, -0.1) is 0 Å². The van der Waals surface area contributed by atoms with E-state index in [1.165, 1.54) is 0 Å². The number of rotatable bonds is 5. The van der Waals surface area contributed by atoms with E-state index < -0.39 is 5.97 Å². The van der Waals surface area contributed by atoms with Crippen LogP contribution in [-0.2, 0) is 4.79 Å². The van der Waals surface area contributed by atoms with Gasteiger partial charge >= 0.3 is 5.97 Å². The average Bonchev–Trinajstić information content (AvgIpc) is 2.01. The summed E-state index contributed by atoms with van der Waals surface area (Å²) in [6, 6.07) is 0. The predicted octanol–water partition coefficient (Wildman–Crippen LogP) is 3.56. The largest absolute Gasteiger partial charge is 0.481 e. The lowest BCUT2D eigenvalue weighted by atomic mass is 9.79.